The van der Waals surface area contributed by atoms with Crippen LogP contribution >= 0.6 is 0 Å². The van der Waals surface area contributed by atoms with E-state index in [0.717, 1.165) is 13.1 Å². The molecule has 0 aromatic rings. The molecule has 0 aliphatic carbocycles. The average molecular weight is 158 g/mol. The summed E-state index contributed by atoms with van der Waals surface area (Å²) in [6, 6.07) is 0.944. The van der Waals surface area contributed by atoms with Crippen molar-refractivity contribution < 1.29 is 5.11 Å². The van der Waals surface area contributed by atoms with Gasteiger partial charge in [-0.1, -0.05) is 0 Å². The van der Waals surface area contributed by atoms with Crippen LogP contribution in [0.1, 0.15) is 6.92 Å². The van der Waals surface area contributed by atoms with Crippen molar-refractivity contribution in [1.29, 1.82) is 0 Å². The molecule has 1 rings (SSSR count). The van der Waals surface area contributed by atoms with Crippen LogP contribution in [-0.4, -0.2) is 60.8 Å². The molecule has 1 fully saturated rings. The van der Waals surface area contributed by atoms with Gasteiger partial charge in [-0.05, 0) is 21.0 Å². The monoisotopic (exact) mass is 158 g/mol. The quantitative estimate of drug-likeness (QED) is 0.563. The van der Waals surface area contributed by atoms with Gasteiger partial charge in [0.15, 0.2) is 0 Å². The number of hydrogen-bond acceptors (Lipinski definition) is 3. The largest absolute Gasteiger partial charge is 0.395 e. The molecular formula is C8H18N2O. The summed E-state index contributed by atoms with van der Waals surface area (Å²) in [4.78, 5) is 4.52. The van der Waals surface area contributed by atoms with Gasteiger partial charge < -0.3 is 10.0 Å². The molecule has 0 aromatic heterocycles. The van der Waals surface area contributed by atoms with E-state index in [2.05, 4.69) is 30.8 Å². The standard InChI is InChI=1S/C8H18N2O/c1-7-4-10(3)8(6-11)5-9(7)2/h7-8,11H,4-6H2,1-3H3. The van der Waals surface area contributed by atoms with Gasteiger partial charge in [-0.3, -0.25) is 4.90 Å². The lowest BCUT2D eigenvalue weighted by Crippen LogP contribution is -2.55. The van der Waals surface area contributed by atoms with Gasteiger partial charge in [0.2, 0.25) is 0 Å². The zero-order chi connectivity index (χ0) is 8.43. The Morgan fingerprint density at radius 1 is 1.27 bits per heavy atom. The van der Waals surface area contributed by atoms with Crippen LogP contribution in [0.3, 0.4) is 0 Å². The summed E-state index contributed by atoms with van der Waals surface area (Å²) in [7, 11) is 4.19. The third-order valence-electron chi connectivity index (χ3n) is 2.64. The molecule has 1 aliphatic heterocycles. The second-order valence-corrected chi connectivity index (χ2v) is 3.56. The van der Waals surface area contributed by atoms with Gasteiger partial charge in [0, 0.05) is 25.2 Å². The van der Waals surface area contributed by atoms with Crippen molar-refractivity contribution in [2.75, 3.05) is 33.8 Å². The van der Waals surface area contributed by atoms with E-state index in [4.69, 9.17) is 5.11 Å². The number of aliphatic hydroxyl groups excluding tert-OH is 1. The van der Waals surface area contributed by atoms with E-state index >= 15 is 0 Å². The Labute approximate surface area is 68.6 Å². The predicted molar refractivity (Wildman–Crippen MR) is 45.6 cm³/mol. The fourth-order valence-corrected chi connectivity index (χ4v) is 1.55. The Morgan fingerprint density at radius 2 is 1.91 bits per heavy atom. The van der Waals surface area contributed by atoms with Gasteiger partial charge in [-0.15, -0.1) is 0 Å². The zero-order valence-electron chi connectivity index (χ0n) is 7.62. The van der Waals surface area contributed by atoms with Crippen molar-refractivity contribution in [3.8, 4) is 0 Å². The third kappa shape index (κ3) is 1.92. The molecule has 3 nitrogen and oxygen atoms in total. The van der Waals surface area contributed by atoms with Gasteiger partial charge in [-0.25, -0.2) is 0 Å². The molecule has 1 heterocycles. The van der Waals surface area contributed by atoms with Crippen LogP contribution in [0.5, 0.6) is 0 Å². The third-order valence-corrected chi connectivity index (χ3v) is 2.64. The second-order valence-electron chi connectivity index (χ2n) is 3.56. The predicted octanol–water partition coefficient (Wildman–Crippen LogP) is -0.387. The van der Waals surface area contributed by atoms with Crippen molar-refractivity contribution in [2.45, 2.75) is 19.0 Å². The van der Waals surface area contributed by atoms with Crippen LogP contribution in [0.2, 0.25) is 0 Å². The molecule has 66 valence electrons. The number of rotatable bonds is 1. The van der Waals surface area contributed by atoms with E-state index in [0.29, 0.717) is 12.1 Å². The second kappa shape index (κ2) is 3.52. The van der Waals surface area contributed by atoms with Gasteiger partial charge >= 0.3 is 0 Å². The van der Waals surface area contributed by atoms with E-state index < -0.39 is 0 Å². The van der Waals surface area contributed by atoms with Gasteiger partial charge in [0.1, 0.15) is 0 Å². The summed E-state index contributed by atoms with van der Waals surface area (Å²) >= 11 is 0. The highest BCUT2D eigenvalue weighted by atomic mass is 16.3. The summed E-state index contributed by atoms with van der Waals surface area (Å²) in [5.41, 5.74) is 0. The highest BCUT2D eigenvalue weighted by Crippen LogP contribution is 2.10. The molecule has 0 saturated carbocycles. The van der Waals surface area contributed by atoms with Crippen LogP contribution in [0.25, 0.3) is 0 Å². The molecular weight excluding hydrogens is 140 g/mol. The number of aliphatic hydroxyl groups is 1. The Bertz CT molecular complexity index is 129. The molecule has 0 bridgehead atoms. The summed E-state index contributed by atoms with van der Waals surface area (Å²) < 4.78 is 0. The molecule has 3 heteroatoms. The lowest BCUT2D eigenvalue weighted by molar-refractivity contribution is 0.0395. The fraction of sp³-hybridized carbons (Fsp3) is 1.00. The minimum atomic E-state index is 0.271. The summed E-state index contributed by atoms with van der Waals surface area (Å²) in [5.74, 6) is 0. The molecule has 1 aliphatic rings. The maximum Gasteiger partial charge on any atom is 0.0599 e. The smallest absolute Gasteiger partial charge is 0.0599 e. The van der Waals surface area contributed by atoms with E-state index in [1.807, 2.05) is 0 Å². The topological polar surface area (TPSA) is 26.7 Å². The van der Waals surface area contributed by atoms with Gasteiger partial charge in [0.05, 0.1) is 6.61 Å². The maximum absolute atomic E-state index is 9.00. The summed E-state index contributed by atoms with van der Waals surface area (Å²) in [5, 5.41) is 9.00. The first-order chi connectivity index (χ1) is 5.15. The lowest BCUT2D eigenvalue weighted by atomic mass is 10.1. The first-order valence-electron chi connectivity index (χ1n) is 4.16. The Hall–Kier alpha value is -0.120. The first kappa shape index (κ1) is 8.97. The molecule has 0 radical (unpaired) electrons. The number of nitrogens with zero attached hydrogens (tertiary/aromatic N) is 2. The highest BCUT2D eigenvalue weighted by molar-refractivity contribution is 4.82. The van der Waals surface area contributed by atoms with Crippen LogP contribution in [0, 0.1) is 0 Å². The van der Waals surface area contributed by atoms with Gasteiger partial charge in [0.25, 0.3) is 0 Å². The van der Waals surface area contributed by atoms with Gasteiger partial charge in [-0.2, -0.15) is 0 Å². The molecule has 1 saturated heterocycles. The van der Waals surface area contributed by atoms with E-state index in [1.165, 1.54) is 0 Å². The zero-order valence-corrected chi connectivity index (χ0v) is 7.62. The minimum Gasteiger partial charge on any atom is -0.395 e. The Balaban J connectivity index is 2.48. The highest BCUT2D eigenvalue weighted by Gasteiger charge is 2.25. The molecule has 2 unspecified atom stereocenters. The lowest BCUT2D eigenvalue weighted by Gasteiger charge is -2.41. The average Bonchev–Trinajstić information content (AvgIpc) is 1.97. The minimum absolute atomic E-state index is 0.271. The Kier molecular flexibility index (Phi) is 2.87. The molecule has 11 heavy (non-hydrogen) atoms. The summed E-state index contributed by atoms with van der Waals surface area (Å²) in [6.07, 6.45) is 0. The molecule has 2 atom stereocenters. The van der Waals surface area contributed by atoms with Crippen LogP contribution < -0.4 is 0 Å². The van der Waals surface area contributed by atoms with E-state index in [1.54, 1.807) is 0 Å². The first-order valence-corrected chi connectivity index (χ1v) is 4.16. The molecule has 1 N–H and O–H groups in total. The SMILES string of the molecule is CC1CN(C)C(CO)CN1C. The van der Waals surface area contributed by atoms with Crippen molar-refractivity contribution in [3.05, 3.63) is 0 Å². The van der Waals surface area contributed by atoms with Crippen LogP contribution in [0.4, 0.5) is 0 Å². The molecule has 0 spiro atoms. The Morgan fingerprint density at radius 3 is 2.45 bits per heavy atom. The molecule has 0 amide bonds. The molecule has 0 aromatic carbocycles. The van der Waals surface area contributed by atoms with Crippen molar-refractivity contribution in [1.82, 2.24) is 9.80 Å². The number of piperazine rings is 1. The van der Waals surface area contributed by atoms with Crippen molar-refractivity contribution in [2.24, 2.45) is 0 Å². The van der Waals surface area contributed by atoms with Crippen molar-refractivity contribution in [3.63, 3.8) is 0 Å². The maximum atomic E-state index is 9.00. The summed E-state index contributed by atoms with van der Waals surface area (Å²) in [6.45, 7) is 4.52. The van der Waals surface area contributed by atoms with Crippen LogP contribution in [0.15, 0.2) is 0 Å². The van der Waals surface area contributed by atoms with E-state index in [9.17, 15) is 0 Å². The fourth-order valence-electron chi connectivity index (χ4n) is 1.55. The van der Waals surface area contributed by atoms with Crippen LogP contribution in [-0.2, 0) is 0 Å². The van der Waals surface area contributed by atoms with Crippen molar-refractivity contribution >= 4 is 0 Å². The number of hydrogen-bond donors (Lipinski definition) is 1. The van der Waals surface area contributed by atoms with E-state index in [-0.39, 0.29) is 6.61 Å². The normalized spacial score (nSPS) is 36.0. The number of likely N-dealkylation sites (N-methyl/N-ethyl adjacent to an activating group) is 2.